The average molecular weight is 279 g/mol. The Bertz CT molecular complexity index is 474. The second-order valence-electron chi connectivity index (χ2n) is 3.17. The van der Waals surface area contributed by atoms with Crippen LogP contribution in [0.25, 0.3) is 0 Å². The molecule has 1 heterocycles. The van der Waals surface area contributed by atoms with Gasteiger partial charge in [-0.3, -0.25) is 0 Å². The highest BCUT2D eigenvalue weighted by atomic mass is 79.9. The minimum Gasteiger partial charge on any atom is -0.453 e. The minimum absolute atomic E-state index is 0.697. The van der Waals surface area contributed by atoms with E-state index in [0.717, 1.165) is 10.2 Å². The smallest absolute Gasteiger partial charge is 0.170 e. The van der Waals surface area contributed by atoms with Gasteiger partial charge in [-0.1, -0.05) is 18.2 Å². The van der Waals surface area contributed by atoms with Gasteiger partial charge in [-0.25, -0.2) is 4.98 Å². The van der Waals surface area contributed by atoms with Gasteiger partial charge in [0.2, 0.25) is 0 Å². The van der Waals surface area contributed by atoms with Gasteiger partial charge in [0.1, 0.15) is 5.75 Å². The Hall–Kier alpha value is -1.55. The molecule has 0 aliphatic heterocycles. The molecule has 0 fully saturated rings. The Morgan fingerprint density at radius 2 is 2.00 bits per heavy atom. The van der Waals surface area contributed by atoms with Crippen LogP contribution < -0.4 is 10.1 Å². The van der Waals surface area contributed by atoms with Gasteiger partial charge in [0.05, 0.1) is 0 Å². The number of para-hydroxylation sites is 1. The van der Waals surface area contributed by atoms with Gasteiger partial charge in [0.15, 0.2) is 11.6 Å². The molecule has 82 valence electrons. The van der Waals surface area contributed by atoms with Crippen molar-refractivity contribution in [1.82, 2.24) is 4.98 Å². The van der Waals surface area contributed by atoms with Crippen molar-refractivity contribution in [3.05, 3.63) is 47.1 Å². The van der Waals surface area contributed by atoms with Crippen LogP contribution in [0.5, 0.6) is 11.5 Å². The van der Waals surface area contributed by atoms with E-state index in [1.165, 1.54) is 0 Å². The zero-order chi connectivity index (χ0) is 11.4. The number of benzene rings is 1. The summed E-state index contributed by atoms with van der Waals surface area (Å²) in [5.74, 6) is 2.20. The van der Waals surface area contributed by atoms with Crippen LogP contribution >= 0.6 is 15.9 Å². The summed E-state index contributed by atoms with van der Waals surface area (Å²) in [6.07, 6.45) is 1.73. The number of aromatic nitrogens is 1. The van der Waals surface area contributed by atoms with Gasteiger partial charge in [-0.05, 0) is 28.1 Å². The summed E-state index contributed by atoms with van der Waals surface area (Å²) in [7, 11) is 1.81. The molecule has 3 nitrogen and oxygen atoms in total. The largest absolute Gasteiger partial charge is 0.453 e. The van der Waals surface area contributed by atoms with Crippen LogP contribution in [0.15, 0.2) is 47.1 Å². The highest BCUT2D eigenvalue weighted by molar-refractivity contribution is 9.10. The number of hydrogen-bond donors (Lipinski definition) is 1. The van der Waals surface area contributed by atoms with Crippen LogP contribution in [-0.2, 0) is 0 Å². The van der Waals surface area contributed by atoms with Crippen molar-refractivity contribution in [1.29, 1.82) is 0 Å². The third-order valence-electron chi connectivity index (χ3n) is 2.03. The summed E-state index contributed by atoms with van der Waals surface area (Å²) in [6, 6.07) is 11.5. The number of halogens is 1. The van der Waals surface area contributed by atoms with E-state index < -0.39 is 0 Å². The fourth-order valence-corrected chi connectivity index (χ4v) is 1.61. The summed E-state index contributed by atoms with van der Waals surface area (Å²) in [6.45, 7) is 0. The zero-order valence-electron chi connectivity index (χ0n) is 8.77. The van der Waals surface area contributed by atoms with Crippen molar-refractivity contribution in [2.45, 2.75) is 0 Å². The zero-order valence-corrected chi connectivity index (χ0v) is 10.4. The fraction of sp³-hybridized carbons (Fsp3) is 0.0833. The van der Waals surface area contributed by atoms with Crippen molar-refractivity contribution in [3.63, 3.8) is 0 Å². The molecule has 1 aromatic heterocycles. The number of pyridine rings is 1. The molecule has 1 aromatic carbocycles. The Labute approximate surface area is 103 Å². The van der Waals surface area contributed by atoms with Crippen LogP contribution in [0.3, 0.4) is 0 Å². The van der Waals surface area contributed by atoms with E-state index >= 15 is 0 Å². The molecule has 2 rings (SSSR count). The summed E-state index contributed by atoms with van der Waals surface area (Å²) in [5, 5.41) is 2.99. The SMILES string of the molecule is CNc1ncc(Br)cc1Oc1ccccc1. The number of nitrogens with zero attached hydrogens (tertiary/aromatic N) is 1. The normalized spacial score (nSPS) is 9.88. The van der Waals surface area contributed by atoms with Gasteiger partial charge in [0.25, 0.3) is 0 Å². The van der Waals surface area contributed by atoms with E-state index in [0.29, 0.717) is 11.6 Å². The highest BCUT2D eigenvalue weighted by Crippen LogP contribution is 2.29. The molecule has 4 heteroatoms. The minimum atomic E-state index is 0.697. The summed E-state index contributed by atoms with van der Waals surface area (Å²) in [5.41, 5.74) is 0. The quantitative estimate of drug-likeness (QED) is 0.930. The first-order chi connectivity index (χ1) is 7.79. The monoisotopic (exact) mass is 278 g/mol. The number of anilines is 1. The maximum absolute atomic E-state index is 5.73. The maximum atomic E-state index is 5.73. The molecule has 0 spiro atoms. The Balaban J connectivity index is 2.30. The molecule has 1 N–H and O–H groups in total. The first kappa shape index (κ1) is 11.0. The summed E-state index contributed by atoms with van der Waals surface area (Å²) < 4.78 is 6.61. The molecule has 0 saturated carbocycles. The van der Waals surface area contributed by atoms with Crippen LogP contribution in [0.2, 0.25) is 0 Å². The first-order valence-corrected chi connectivity index (χ1v) is 5.65. The van der Waals surface area contributed by atoms with E-state index in [2.05, 4.69) is 26.2 Å². The lowest BCUT2D eigenvalue weighted by Gasteiger charge is -2.09. The molecule has 0 aliphatic carbocycles. The Kier molecular flexibility index (Phi) is 3.41. The second-order valence-corrected chi connectivity index (χ2v) is 4.08. The van der Waals surface area contributed by atoms with E-state index in [1.807, 2.05) is 43.4 Å². The van der Waals surface area contributed by atoms with E-state index in [4.69, 9.17) is 4.74 Å². The molecule has 0 radical (unpaired) electrons. The van der Waals surface area contributed by atoms with Crippen molar-refractivity contribution in [2.75, 3.05) is 12.4 Å². The third kappa shape index (κ3) is 2.52. The van der Waals surface area contributed by atoms with Crippen LogP contribution in [0, 0.1) is 0 Å². The number of nitrogens with one attached hydrogen (secondary N) is 1. The lowest BCUT2D eigenvalue weighted by atomic mass is 10.3. The Morgan fingerprint density at radius 1 is 1.25 bits per heavy atom. The predicted octanol–water partition coefficient (Wildman–Crippen LogP) is 3.68. The van der Waals surface area contributed by atoms with Gasteiger partial charge in [0, 0.05) is 23.8 Å². The fourth-order valence-electron chi connectivity index (χ4n) is 1.30. The molecule has 0 saturated heterocycles. The van der Waals surface area contributed by atoms with E-state index in [9.17, 15) is 0 Å². The molecule has 0 unspecified atom stereocenters. The Morgan fingerprint density at radius 3 is 2.69 bits per heavy atom. The number of hydrogen-bond acceptors (Lipinski definition) is 3. The average Bonchev–Trinajstić information content (AvgIpc) is 2.31. The molecule has 0 amide bonds. The van der Waals surface area contributed by atoms with Crippen LogP contribution in [0.1, 0.15) is 0 Å². The first-order valence-electron chi connectivity index (χ1n) is 4.86. The van der Waals surface area contributed by atoms with Crippen LogP contribution in [0.4, 0.5) is 5.82 Å². The van der Waals surface area contributed by atoms with Crippen molar-refractivity contribution < 1.29 is 4.74 Å². The molecule has 2 aromatic rings. The molecular formula is C12H11BrN2O. The molecule has 0 bridgehead atoms. The van der Waals surface area contributed by atoms with Crippen molar-refractivity contribution in [3.8, 4) is 11.5 Å². The summed E-state index contributed by atoms with van der Waals surface area (Å²) >= 11 is 3.37. The second kappa shape index (κ2) is 4.99. The third-order valence-corrected chi connectivity index (χ3v) is 2.46. The van der Waals surface area contributed by atoms with Gasteiger partial charge in [-0.2, -0.15) is 0 Å². The highest BCUT2D eigenvalue weighted by Gasteiger charge is 2.05. The van der Waals surface area contributed by atoms with Crippen molar-refractivity contribution >= 4 is 21.7 Å². The van der Waals surface area contributed by atoms with Crippen molar-refractivity contribution in [2.24, 2.45) is 0 Å². The standard InChI is InChI=1S/C12H11BrN2O/c1-14-12-11(7-9(13)8-15-12)16-10-5-3-2-4-6-10/h2-8H,1H3,(H,14,15). The molecule has 0 atom stereocenters. The molecule has 16 heavy (non-hydrogen) atoms. The van der Waals surface area contributed by atoms with E-state index in [-0.39, 0.29) is 0 Å². The number of ether oxygens (including phenoxy) is 1. The predicted molar refractivity (Wildman–Crippen MR) is 68.0 cm³/mol. The van der Waals surface area contributed by atoms with Crippen LogP contribution in [-0.4, -0.2) is 12.0 Å². The van der Waals surface area contributed by atoms with E-state index in [1.54, 1.807) is 6.20 Å². The lowest BCUT2D eigenvalue weighted by molar-refractivity contribution is 0.482. The lowest BCUT2D eigenvalue weighted by Crippen LogP contribution is -1.96. The van der Waals surface area contributed by atoms with Gasteiger partial charge in [-0.15, -0.1) is 0 Å². The number of rotatable bonds is 3. The molecule has 0 aliphatic rings. The summed E-state index contributed by atoms with van der Waals surface area (Å²) in [4.78, 5) is 4.21. The maximum Gasteiger partial charge on any atom is 0.170 e. The van der Waals surface area contributed by atoms with Gasteiger partial charge < -0.3 is 10.1 Å². The topological polar surface area (TPSA) is 34.2 Å². The molecular weight excluding hydrogens is 268 g/mol. The van der Waals surface area contributed by atoms with Gasteiger partial charge >= 0.3 is 0 Å².